The molecule has 6 nitrogen and oxygen atoms in total. The van der Waals surface area contributed by atoms with Crippen LogP contribution in [0.3, 0.4) is 0 Å². The normalized spacial score (nSPS) is 12.8. The summed E-state index contributed by atoms with van der Waals surface area (Å²) in [5, 5.41) is -1.11. The average Bonchev–Trinajstić information content (AvgIpc) is 2.46. The first-order chi connectivity index (χ1) is 9.82. The molecule has 2 N–H and O–H groups in total. The van der Waals surface area contributed by atoms with E-state index in [0.717, 1.165) is 6.26 Å². The summed E-state index contributed by atoms with van der Waals surface area (Å²) in [4.78, 5) is 13.9. The largest absolute Gasteiger partial charge is 0.495 e. The highest BCUT2D eigenvalue weighted by atomic mass is 32.2. The maximum atomic E-state index is 12.5. The highest BCUT2D eigenvalue weighted by molar-refractivity contribution is 7.92. The Hall–Kier alpha value is -1.60. The van der Waals surface area contributed by atoms with Gasteiger partial charge in [0.2, 0.25) is 5.91 Å². The van der Waals surface area contributed by atoms with Gasteiger partial charge in [-0.2, -0.15) is 0 Å². The number of anilines is 1. The summed E-state index contributed by atoms with van der Waals surface area (Å²) in [5.41, 5.74) is 6.05. The number of amides is 1. The van der Waals surface area contributed by atoms with Crippen LogP contribution >= 0.6 is 0 Å². The molecule has 0 bridgehead atoms. The third-order valence-corrected chi connectivity index (χ3v) is 4.70. The Kier molecular flexibility index (Phi) is 6.17. The van der Waals surface area contributed by atoms with E-state index in [0.29, 0.717) is 30.9 Å². The van der Waals surface area contributed by atoms with Gasteiger partial charge in [-0.3, -0.25) is 4.79 Å². The van der Waals surface area contributed by atoms with Crippen molar-refractivity contribution < 1.29 is 17.9 Å². The summed E-state index contributed by atoms with van der Waals surface area (Å²) >= 11 is 0. The Bertz CT molecular complexity index is 586. The monoisotopic (exact) mass is 314 g/mol. The number of nitrogens with zero attached hydrogens (tertiary/aromatic N) is 1. The number of hydrogen-bond acceptors (Lipinski definition) is 5. The van der Waals surface area contributed by atoms with E-state index in [1.807, 2.05) is 0 Å². The summed E-state index contributed by atoms with van der Waals surface area (Å²) in [6, 6.07) is 7.00. The number of para-hydroxylation sites is 2. The van der Waals surface area contributed by atoms with Gasteiger partial charge in [0.15, 0.2) is 9.84 Å². The fourth-order valence-electron chi connectivity index (χ4n) is 1.85. The molecular formula is C14H22N2O4S. The lowest BCUT2D eigenvalue weighted by Crippen LogP contribution is -2.42. The lowest BCUT2D eigenvalue weighted by atomic mass is 10.2. The standard InChI is InChI=1S/C14H22N2O4S/c1-11(21(3,18)19)14(17)16(10-6-9-15)12-7-4-5-8-13(12)20-2/h4-5,7-8,11H,6,9-10,15H2,1-3H3. The molecule has 0 aliphatic carbocycles. The second-order valence-electron chi connectivity index (χ2n) is 4.78. The minimum Gasteiger partial charge on any atom is -0.495 e. The molecule has 1 unspecified atom stereocenters. The molecule has 21 heavy (non-hydrogen) atoms. The zero-order valence-corrected chi connectivity index (χ0v) is 13.4. The number of rotatable bonds is 7. The Morgan fingerprint density at radius 2 is 2.00 bits per heavy atom. The number of hydrogen-bond donors (Lipinski definition) is 1. The molecule has 1 rings (SSSR count). The lowest BCUT2D eigenvalue weighted by Gasteiger charge is -2.26. The summed E-state index contributed by atoms with van der Waals surface area (Å²) in [6.07, 6.45) is 1.62. The number of carbonyl (C=O) groups is 1. The fourth-order valence-corrected chi connectivity index (χ4v) is 2.35. The van der Waals surface area contributed by atoms with Crippen molar-refractivity contribution in [3.05, 3.63) is 24.3 Å². The molecule has 1 aromatic rings. The van der Waals surface area contributed by atoms with E-state index >= 15 is 0 Å². The summed E-state index contributed by atoms with van der Waals surface area (Å²) in [5.74, 6) is 0.0408. The molecule has 1 amide bonds. The first-order valence-corrected chi connectivity index (χ1v) is 8.61. The van der Waals surface area contributed by atoms with Gasteiger partial charge in [0.1, 0.15) is 11.0 Å². The van der Waals surface area contributed by atoms with Gasteiger partial charge in [-0.05, 0) is 32.0 Å². The first-order valence-electron chi connectivity index (χ1n) is 6.66. The van der Waals surface area contributed by atoms with E-state index in [2.05, 4.69) is 0 Å². The van der Waals surface area contributed by atoms with Gasteiger partial charge < -0.3 is 15.4 Å². The molecule has 0 aliphatic heterocycles. The van der Waals surface area contributed by atoms with Gasteiger partial charge in [0.25, 0.3) is 0 Å². The Balaban J connectivity index is 3.19. The topological polar surface area (TPSA) is 89.7 Å². The van der Waals surface area contributed by atoms with Crippen LogP contribution in [0.4, 0.5) is 5.69 Å². The Morgan fingerprint density at radius 1 is 1.38 bits per heavy atom. The predicted octanol–water partition coefficient (Wildman–Crippen LogP) is 0.810. The van der Waals surface area contributed by atoms with E-state index in [9.17, 15) is 13.2 Å². The molecule has 118 valence electrons. The van der Waals surface area contributed by atoms with Crippen LogP contribution in [0.2, 0.25) is 0 Å². The van der Waals surface area contributed by atoms with Crippen LogP contribution in [-0.4, -0.2) is 46.0 Å². The van der Waals surface area contributed by atoms with E-state index in [4.69, 9.17) is 10.5 Å². The molecule has 0 radical (unpaired) electrons. The van der Waals surface area contributed by atoms with E-state index in [1.165, 1.54) is 18.9 Å². The van der Waals surface area contributed by atoms with Crippen molar-refractivity contribution in [1.29, 1.82) is 0 Å². The van der Waals surface area contributed by atoms with Crippen molar-refractivity contribution >= 4 is 21.4 Å². The molecule has 1 aromatic carbocycles. The predicted molar refractivity (Wildman–Crippen MR) is 83.3 cm³/mol. The second kappa shape index (κ2) is 7.42. The van der Waals surface area contributed by atoms with Crippen LogP contribution in [-0.2, 0) is 14.6 Å². The smallest absolute Gasteiger partial charge is 0.245 e. The quantitative estimate of drug-likeness (QED) is 0.804. The second-order valence-corrected chi connectivity index (χ2v) is 7.14. The van der Waals surface area contributed by atoms with Gasteiger partial charge in [0.05, 0.1) is 12.8 Å². The molecule has 0 aliphatic rings. The summed E-state index contributed by atoms with van der Waals surface area (Å²) in [7, 11) is -1.96. The van der Waals surface area contributed by atoms with Gasteiger partial charge in [-0.25, -0.2) is 8.42 Å². The van der Waals surface area contributed by atoms with Crippen LogP contribution in [0, 0.1) is 0 Å². The molecule has 0 heterocycles. The Morgan fingerprint density at radius 3 is 2.52 bits per heavy atom. The maximum absolute atomic E-state index is 12.5. The van der Waals surface area contributed by atoms with Crippen molar-refractivity contribution in [2.75, 3.05) is 31.4 Å². The van der Waals surface area contributed by atoms with Crippen molar-refractivity contribution in [2.45, 2.75) is 18.6 Å². The molecular weight excluding hydrogens is 292 g/mol. The Labute approximate surface area is 125 Å². The highest BCUT2D eigenvalue weighted by Gasteiger charge is 2.30. The minimum atomic E-state index is -3.46. The third-order valence-electron chi connectivity index (χ3n) is 3.22. The van der Waals surface area contributed by atoms with E-state index in [-0.39, 0.29) is 0 Å². The van der Waals surface area contributed by atoms with Gasteiger partial charge in [-0.1, -0.05) is 12.1 Å². The fraction of sp³-hybridized carbons (Fsp3) is 0.500. The molecule has 0 saturated heterocycles. The number of carbonyl (C=O) groups excluding carboxylic acids is 1. The van der Waals surface area contributed by atoms with Crippen LogP contribution in [0.1, 0.15) is 13.3 Å². The van der Waals surface area contributed by atoms with E-state index < -0.39 is 21.0 Å². The number of nitrogens with two attached hydrogens (primary N) is 1. The number of benzene rings is 1. The van der Waals surface area contributed by atoms with Crippen LogP contribution in [0.5, 0.6) is 5.75 Å². The van der Waals surface area contributed by atoms with E-state index in [1.54, 1.807) is 24.3 Å². The molecule has 0 fully saturated rings. The zero-order valence-electron chi connectivity index (χ0n) is 12.6. The summed E-state index contributed by atoms with van der Waals surface area (Å²) < 4.78 is 28.5. The average molecular weight is 314 g/mol. The van der Waals surface area contributed by atoms with Crippen molar-refractivity contribution in [3.8, 4) is 5.75 Å². The molecule has 0 aromatic heterocycles. The highest BCUT2D eigenvalue weighted by Crippen LogP contribution is 2.28. The number of methoxy groups -OCH3 is 1. The first kappa shape index (κ1) is 17.5. The molecule has 7 heteroatoms. The number of ether oxygens (including phenoxy) is 1. The number of sulfone groups is 1. The maximum Gasteiger partial charge on any atom is 0.245 e. The van der Waals surface area contributed by atoms with Crippen LogP contribution < -0.4 is 15.4 Å². The third kappa shape index (κ3) is 4.44. The lowest BCUT2D eigenvalue weighted by molar-refractivity contribution is -0.118. The van der Waals surface area contributed by atoms with Gasteiger partial charge in [0, 0.05) is 12.8 Å². The van der Waals surface area contributed by atoms with Crippen molar-refractivity contribution in [1.82, 2.24) is 0 Å². The molecule has 0 spiro atoms. The minimum absolute atomic E-state index is 0.343. The van der Waals surface area contributed by atoms with Gasteiger partial charge in [-0.15, -0.1) is 0 Å². The van der Waals surface area contributed by atoms with Crippen molar-refractivity contribution in [3.63, 3.8) is 0 Å². The SMILES string of the molecule is COc1ccccc1N(CCCN)C(=O)C(C)S(C)(=O)=O. The molecule has 1 atom stereocenters. The van der Waals surface area contributed by atoms with Crippen LogP contribution in [0.15, 0.2) is 24.3 Å². The summed E-state index contributed by atoms with van der Waals surface area (Å²) in [6.45, 7) is 2.14. The van der Waals surface area contributed by atoms with Crippen molar-refractivity contribution in [2.24, 2.45) is 5.73 Å². The molecule has 0 saturated carbocycles. The van der Waals surface area contributed by atoms with Crippen LogP contribution in [0.25, 0.3) is 0 Å². The van der Waals surface area contributed by atoms with Gasteiger partial charge >= 0.3 is 0 Å². The zero-order chi connectivity index (χ0) is 16.0.